The molecule has 1 aliphatic carbocycles. The first kappa shape index (κ1) is 17.6. The number of nitriles is 1. The van der Waals surface area contributed by atoms with Gasteiger partial charge in [-0.15, -0.1) is 5.92 Å². The van der Waals surface area contributed by atoms with E-state index in [0.29, 0.717) is 5.56 Å². The summed E-state index contributed by atoms with van der Waals surface area (Å²) in [6, 6.07) is 15.4. The predicted octanol–water partition coefficient (Wildman–Crippen LogP) is 4.21. The van der Waals surface area contributed by atoms with E-state index >= 15 is 0 Å². The molecule has 0 amide bonds. The lowest BCUT2D eigenvalue weighted by molar-refractivity contribution is -0.137. The van der Waals surface area contributed by atoms with Crippen molar-refractivity contribution in [2.75, 3.05) is 0 Å². The molecular weight excluding hydrogens is 326 g/mol. The Morgan fingerprint density at radius 3 is 2.73 bits per heavy atom. The quantitative estimate of drug-likeness (QED) is 0.824. The average Bonchev–Trinajstić information content (AvgIpc) is 3.03. The summed E-state index contributed by atoms with van der Waals surface area (Å²) in [5, 5.41) is 18.0. The minimum atomic E-state index is -0.864. The molecule has 0 bridgehead atoms. The summed E-state index contributed by atoms with van der Waals surface area (Å²) in [7, 11) is 0. The van der Waals surface area contributed by atoms with Gasteiger partial charge in [-0.1, -0.05) is 24.1 Å². The highest BCUT2D eigenvalue weighted by Gasteiger charge is 2.24. The SMILES string of the molecule is CC#CC(CC(=O)O)c1ccc(OC2CCc3cc(C#N)ccc32)cc1. The lowest BCUT2D eigenvalue weighted by Gasteiger charge is -2.16. The highest BCUT2D eigenvalue weighted by atomic mass is 16.5. The second kappa shape index (κ2) is 7.76. The number of hydrogen-bond donors (Lipinski definition) is 1. The van der Waals surface area contributed by atoms with Gasteiger partial charge in [0.2, 0.25) is 0 Å². The second-order valence-corrected chi connectivity index (χ2v) is 6.28. The third-order valence-corrected chi connectivity index (χ3v) is 4.55. The third kappa shape index (κ3) is 3.87. The maximum absolute atomic E-state index is 11.0. The Kier molecular flexibility index (Phi) is 5.25. The molecule has 4 heteroatoms. The fourth-order valence-electron chi connectivity index (χ4n) is 3.31. The van der Waals surface area contributed by atoms with Crippen LogP contribution in [0.25, 0.3) is 0 Å². The van der Waals surface area contributed by atoms with Gasteiger partial charge in [-0.25, -0.2) is 0 Å². The van der Waals surface area contributed by atoms with Gasteiger partial charge in [-0.3, -0.25) is 4.79 Å². The lowest BCUT2D eigenvalue weighted by Crippen LogP contribution is -2.06. The van der Waals surface area contributed by atoms with Crippen LogP contribution < -0.4 is 4.74 Å². The molecule has 26 heavy (non-hydrogen) atoms. The summed E-state index contributed by atoms with van der Waals surface area (Å²) in [5.74, 6) is 5.31. The Morgan fingerprint density at radius 2 is 2.08 bits per heavy atom. The number of benzene rings is 2. The van der Waals surface area contributed by atoms with Gasteiger partial charge in [-0.2, -0.15) is 5.26 Å². The highest BCUT2D eigenvalue weighted by molar-refractivity contribution is 5.69. The molecule has 3 rings (SSSR count). The van der Waals surface area contributed by atoms with Crippen LogP contribution in [0.2, 0.25) is 0 Å². The van der Waals surface area contributed by atoms with Gasteiger partial charge in [0.1, 0.15) is 11.9 Å². The number of carbonyl (C=O) groups is 1. The van der Waals surface area contributed by atoms with Crippen LogP contribution in [0.1, 0.15) is 54.0 Å². The molecule has 2 aromatic carbocycles. The zero-order valence-electron chi connectivity index (χ0n) is 14.5. The lowest BCUT2D eigenvalue weighted by atomic mass is 9.96. The zero-order valence-corrected chi connectivity index (χ0v) is 14.5. The van der Waals surface area contributed by atoms with E-state index in [1.807, 2.05) is 42.5 Å². The average molecular weight is 345 g/mol. The van der Waals surface area contributed by atoms with Crippen LogP contribution in [-0.2, 0) is 11.2 Å². The van der Waals surface area contributed by atoms with Crippen molar-refractivity contribution in [3.63, 3.8) is 0 Å². The Labute approximate surface area is 153 Å². The molecule has 2 aromatic rings. The van der Waals surface area contributed by atoms with E-state index in [0.717, 1.165) is 29.7 Å². The van der Waals surface area contributed by atoms with Gasteiger partial charge in [0, 0.05) is 0 Å². The molecule has 130 valence electrons. The molecule has 0 aliphatic heterocycles. The van der Waals surface area contributed by atoms with Crippen LogP contribution in [0, 0.1) is 23.2 Å². The Balaban J connectivity index is 1.74. The fourth-order valence-corrected chi connectivity index (χ4v) is 3.31. The van der Waals surface area contributed by atoms with E-state index in [9.17, 15) is 4.79 Å². The van der Waals surface area contributed by atoms with Gasteiger partial charge in [-0.05, 0) is 60.7 Å². The van der Waals surface area contributed by atoms with Gasteiger partial charge < -0.3 is 9.84 Å². The van der Waals surface area contributed by atoms with E-state index in [1.165, 1.54) is 5.56 Å². The smallest absolute Gasteiger partial charge is 0.304 e. The topological polar surface area (TPSA) is 70.3 Å². The molecule has 1 aliphatic rings. The van der Waals surface area contributed by atoms with Crippen molar-refractivity contribution in [3.05, 3.63) is 64.7 Å². The highest BCUT2D eigenvalue weighted by Crippen LogP contribution is 2.35. The van der Waals surface area contributed by atoms with Gasteiger partial charge in [0.25, 0.3) is 0 Å². The summed E-state index contributed by atoms with van der Waals surface area (Å²) in [5.41, 5.74) is 3.86. The first-order valence-electron chi connectivity index (χ1n) is 8.54. The van der Waals surface area contributed by atoms with Crippen molar-refractivity contribution >= 4 is 5.97 Å². The molecule has 0 fully saturated rings. The molecule has 2 atom stereocenters. The van der Waals surface area contributed by atoms with Crippen LogP contribution >= 0.6 is 0 Å². The van der Waals surface area contributed by atoms with E-state index in [4.69, 9.17) is 15.1 Å². The minimum Gasteiger partial charge on any atom is -0.486 e. The number of carboxylic acids is 1. The summed E-state index contributed by atoms with van der Waals surface area (Å²) >= 11 is 0. The largest absolute Gasteiger partial charge is 0.486 e. The van der Waals surface area contributed by atoms with Crippen LogP contribution in [0.4, 0.5) is 0 Å². The number of hydrogen-bond acceptors (Lipinski definition) is 3. The van der Waals surface area contributed by atoms with Gasteiger partial charge in [0.15, 0.2) is 0 Å². The number of aryl methyl sites for hydroxylation is 1. The maximum atomic E-state index is 11.0. The van der Waals surface area contributed by atoms with E-state index in [2.05, 4.69) is 17.9 Å². The van der Waals surface area contributed by atoms with Crippen molar-refractivity contribution < 1.29 is 14.6 Å². The Hall–Kier alpha value is -3.24. The molecule has 1 N–H and O–H groups in total. The Morgan fingerprint density at radius 1 is 1.31 bits per heavy atom. The number of carboxylic acid groups (broad SMARTS) is 1. The molecule has 0 heterocycles. The molecule has 0 saturated heterocycles. The molecule has 0 saturated carbocycles. The van der Waals surface area contributed by atoms with Gasteiger partial charge >= 0.3 is 5.97 Å². The zero-order chi connectivity index (χ0) is 18.5. The summed E-state index contributed by atoms with van der Waals surface area (Å²) in [6.07, 6.45) is 1.75. The van der Waals surface area contributed by atoms with Crippen molar-refractivity contribution in [2.24, 2.45) is 0 Å². The normalized spacial score (nSPS) is 15.9. The Bertz CT molecular complexity index is 913. The van der Waals surface area contributed by atoms with Crippen molar-refractivity contribution in [3.8, 4) is 23.7 Å². The van der Waals surface area contributed by atoms with Crippen LogP contribution in [0.15, 0.2) is 42.5 Å². The van der Waals surface area contributed by atoms with Crippen molar-refractivity contribution in [1.29, 1.82) is 5.26 Å². The third-order valence-electron chi connectivity index (χ3n) is 4.55. The monoisotopic (exact) mass is 345 g/mol. The van der Waals surface area contributed by atoms with Crippen molar-refractivity contribution in [1.82, 2.24) is 0 Å². The molecule has 0 aromatic heterocycles. The maximum Gasteiger partial charge on any atom is 0.304 e. The van der Waals surface area contributed by atoms with E-state index in [-0.39, 0.29) is 18.4 Å². The second-order valence-electron chi connectivity index (χ2n) is 6.28. The van der Waals surface area contributed by atoms with Gasteiger partial charge in [0.05, 0.1) is 24.0 Å². The van der Waals surface area contributed by atoms with Crippen LogP contribution in [-0.4, -0.2) is 11.1 Å². The summed E-state index contributed by atoms with van der Waals surface area (Å²) < 4.78 is 6.12. The molecular formula is C22H19NO3. The fraction of sp³-hybridized carbons (Fsp3) is 0.273. The molecule has 4 nitrogen and oxygen atoms in total. The number of ether oxygens (including phenoxy) is 1. The predicted molar refractivity (Wildman–Crippen MR) is 97.7 cm³/mol. The van der Waals surface area contributed by atoms with Crippen LogP contribution in [0.3, 0.4) is 0 Å². The summed E-state index contributed by atoms with van der Waals surface area (Å²) in [4.78, 5) is 11.0. The van der Waals surface area contributed by atoms with E-state index in [1.54, 1.807) is 6.92 Å². The molecule has 2 unspecified atom stereocenters. The number of rotatable bonds is 5. The minimum absolute atomic E-state index is 0.0156. The number of aliphatic carboxylic acids is 1. The summed E-state index contributed by atoms with van der Waals surface area (Å²) in [6.45, 7) is 1.71. The van der Waals surface area contributed by atoms with Crippen molar-refractivity contribution in [2.45, 2.75) is 38.2 Å². The van der Waals surface area contributed by atoms with Crippen LogP contribution in [0.5, 0.6) is 5.75 Å². The first-order valence-corrected chi connectivity index (χ1v) is 8.54. The number of fused-ring (bicyclic) bond motifs is 1. The standard InChI is InChI=1S/C22H19NO3/c1-2-3-17(13-22(24)25)16-5-8-19(9-6-16)26-21-11-7-18-12-15(14-23)4-10-20(18)21/h4-6,8-10,12,17,21H,7,11,13H2,1H3,(H,24,25). The number of nitrogens with zero attached hydrogens (tertiary/aromatic N) is 1. The molecule has 0 radical (unpaired) electrons. The van der Waals surface area contributed by atoms with E-state index < -0.39 is 5.97 Å². The molecule has 0 spiro atoms. The first-order chi connectivity index (χ1) is 12.6.